The fraction of sp³-hybridized carbons (Fsp3) is 0.280. The van der Waals surface area contributed by atoms with Gasteiger partial charge < -0.3 is 19.4 Å². The van der Waals surface area contributed by atoms with Gasteiger partial charge in [-0.2, -0.15) is 0 Å². The van der Waals surface area contributed by atoms with Gasteiger partial charge in [-0.15, -0.1) is 11.3 Å². The van der Waals surface area contributed by atoms with E-state index in [0.29, 0.717) is 41.5 Å². The van der Waals surface area contributed by atoms with Crippen molar-refractivity contribution in [1.29, 1.82) is 0 Å². The quantitative estimate of drug-likeness (QED) is 0.427. The molecule has 0 aliphatic carbocycles. The molecule has 2 aromatic carbocycles. The van der Waals surface area contributed by atoms with Gasteiger partial charge in [-0.25, -0.2) is 4.98 Å². The summed E-state index contributed by atoms with van der Waals surface area (Å²) in [5.41, 5.74) is 3.37. The Balaban J connectivity index is 0.00000245. The number of aromatic nitrogens is 1. The number of carbonyl (C=O) groups is 1. The summed E-state index contributed by atoms with van der Waals surface area (Å²) in [6.45, 7) is 7.29. The van der Waals surface area contributed by atoms with Crippen LogP contribution in [-0.2, 0) is 4.74 Å². The molecular weight excluding hydrogens is 433 g/mol. The number of rotatable bonds is 5. The van der Waals surface area contributed by atoms with Crippen LogP contribution in [0.1, 0.15) is 28.4 Å². The number of nitrogens with zero attached hydrogens (tertiary/aromatic N) is 1. The number of aryl methyl sites for hydroxylation is 2. The molecule has 1 saturated heterocycles. The molecule has 1 unspecified atom stereocenters. The van der Waals surface area contributed by atoms with E-state index in [1.54, 1.807) is 17.4 Å². The van der Waals surface area contributed by atoms with Gasteiger partial charge in [0.1, 0.15) is 11.9 Å². The Morgan fingerprint density at radius 1 is 1.22 bits per heavy atom. The van der Waals surface area contributed by atoms with Crippen molar-refractivity contribution in [2.45, 2.75) is 26.9 Å². The number of hydrogen-bond acceptors (Lipinski definition) is 6. The summed E-state index contributed by atoms with van der Waals surface area (Å²) in [6, 6.07) is 13.5. The molecule has 1 aliphatic heterocycles. The van der Waals surface area contributed by atoms with E-state index in [1.165, 1.54) is 0 Å². The normalized spacial score (nSPS) is 14.7. The topological polar surface area (TPSA) is 71.5 Å². The molecule has 3 heterocycles. The van der Waals surface area contributed by atoms with Gasteiger partial charge in [0, 0.05) is 16.2 Å². The second kappa shape index (κ2) is 9.12. The maximum atomic E-state index is 12.2. The molecule has 1 aliphatic rings. The molecule has 158 valence electrons. The van der Waals surface area contributed by atoms with Crippen LogP contribution in [0.3, 0.4) is 0 Å². The fourth-order valence-corrected chi connectivity index (χ4v) is 5.23. The van der Waals surface area contributed by atoms with Crippen molar-refractivity contribution in [2.24, 2.45) is 5.92 Å². The maximum Gasteiger partial charge on any atom is 1.00 e. The number of hydrogen-bond donors (Lipinski definition) is 0. The van der Waals surface area contributed by atoms with Gasteiger partial charge in [0.05, 0.1) is 40.7 Å². The van der Waals surface area contributed by atoms with Crippen LogP contribution in [0.25, 0.3) is 31.6 Å². The first kappa shape index (κ1) is 23.2. The molecule has 5 rings (SSSR count). The van der Waals surface area contributed by atoms with Crippen LogP contribution in [0, 0.1) is 19.8 Å². The number of carboxylic acids is 1. The number of carboxylic acid groups (broad SMARTS) is 1. The molecule has 32 heavy (non-hydrogen) atoms. The molecule has 5 nitrogen and oxygen atoms in total. The SMILES string of the molecule is Cc1c(-c2cc(C(=O)[O-])c3c(OC(C)C4COC4)ccc(C)c3n2)sc2ccccc12.[Na+]. The molecule has 7 heteroatoms. The smallest absolute Gasteiger partial charge is 0.545 e. The molecule has 0 saturated carbocycles. The van der Waals surface area contributed by atoms with Crippen molar-refractivity contribution >= 4 is 38.3 Å². The van der Waals surface area contributed by atoms with Crippen molar-refractivity contribution in [3.63, 3.8) is 0 Å². The van der Waals surface area contributed by atoms with E-state index in [9.17, 15) is 9.90 Å². The van der Waals surface area contributed by atoms with E-state index in [0.717, 1.165) is 26.1 Å². The Kier molecular flexibility index (Phi) is 6.61. The van der Waals surface area contributed by atoms with E-state index < -0.39 is 5.97 Å². The van der Waals surface area contributed by atoms with Gasteiger partial charge in [-0.1, -0.05) is 24.3 Å². The molecule has 2 aromatic heterocycles. The fourth-order valence-electron chi connectivity index (χ4n) is 4.06. The zero-order valence-corrected chi connectivity index (χ0v) is 21.4. The molecular formula is C25H22NNaO4S. The summed E-state index contributed by atoms with van der Waals surface area (Å²) in [7, 11) is 0. The largest absolute Gasteiger partial charge is 1.00 e. The van der Waals surface area contributed by atoms with Gasteiger partial charge in [-0.05, 0) is 55.5 Å². The van der Waals surface area contributed by atoms with Crippen LogP contribution in [0.15, 0.2) is 42.5 Å². The summed E-state index contributed by atoms with van der Waals surface area (Å²) in [6.07, 6.45) is -0.0845. The van der Waals surface area contributed by atoms with Gasteiger partial charge >= 0.3 is 29.6 Å². The molecule has 0 spiro atoms. The van der Waals surface area contributed by atoms with E-state index in [4.69, 9.17) is 14.5 Å². The number of ether oxygens (including phenoxy) is 2. The molecule has 0 radical (unpaired) electrons. The number of fused-ring (bicyclic) bond motifs is 2. The summed E-state index contributed by atoms with van der Waals surface area (Å²) >= 11 is 1.62. The number of carbonyl (C=O) groups excluding carboxylic acids is 1. The molecule has 4 aromatic rings. The minimum Gasteiger partial charge on any atom is -0.545 e. The number of aromatic carboxylic acids is 1. The van der Waals surface area contributed by atoms with Crippen molar-refractivity contribution in [3.05, 3.63) is 59.2 Å². The summed E-state index contributed by atoms with van der Waals surface area (Å²) in [5, 5.41) is 13.8. The zero-order valence-electron chi connectivity index (χ0n) is 18.6. The Bertz CT molecular complexity index is 1330. The van der Waals surface area contributed by atoms with Crippen molar-refractivity contribution in [2.75, 3.05) is 13.2 Å². The number of thiophene rings is 1. The van der Waals surface area contributed by atoms with Gasteiger partial charge in [0.2, 0.25) is 0 Å². The zero-order chi connectivity index (χ0) is 21.7. The van der Waals surface area contributed by atoms with Crippen LogP contribution in [0.4, 0.5) is 0 Å². The molecule has 0 bridgehead atoms. The van der Waals surface area contributed by atoms with Crippen LogP contribution >= 0.6 is 11.3 Å². The number of pyridine rings is 1. The van der Waals surface area contributed by atoms with E-state index >= 15 is 0 Å². The minimum absolute atomic E-state index is 0. The second-order valence-electron chi connectivity index (χ2n) is 8.12. The molecule has 1 fully saturated rings. The third-order valence-corrected chi connectivity index (χ3v) is 7.36. The Hall–Kier alpha value is -1.96. The predicted octanol–water partition coefficient (Wildman–Crippen LogP) is 1.51. The maximum absolute atomic E-state index is 12.2. The van der Waals surface area contributed by atoms with E-state index in [-0.39, 0.29) is 41.2 Å². The summed E-state index contributed by atoms with van der Waals surface area (Å²) in [5.74, 6) is -0.412. The molecule has 1 atom stereocenters. The third-order valence-electron chi connectivity index (χ3n) is 6.06. The average Bonchev–Trinajstić information content (AvgIpc) is 3.05. The molecule has 0 amide bonds. The third kappa shape index (κ3) is 3.95. The van der Waals surface area contributed by atoms with Crippen molar-refractivity contribution in [1.82, 2.24) is 4.98 Å². The summed E-state index contributed by atoms with van der Waals surface area (Å²) < 4.78 is 12.6. The van der Waals surface area contributed by atoms with E-state index in [2.05, 4.69) is 12.1 Å². The summed E-state index contributed by atoms with van der Waals surface area (Å²) in [4.78, 5) is 18.1. The monoisotopic (exact) mass is 455 g/mol. The first-order valence-electron chi connectivity index (χ1n) is 10.3. The number of benzene rings is 2. The van der Waals surface area contributed by atoms with Crippen LogP contribution in [-0.4, -0.2) is 30.3 Å². The van der Waals surface area contributed by atoms with Crippen LogP contribution in [0.2, 0.25) is 0 Å². The van der Waals surface area contributed by atoms with Crippen LogP contribution < -0.4 is 39.4 Å². The standard InChI is InChI=1S/C25H23NO4S.Na/c1-13-8-9-20(30-15(3)16-11-29-12-16)22-18(25(27)28)10-19(26-23(13)22)24-14(2)17-6-4-5-7-21(17)31-24;/h4-10,15-16H,11-12H2,1-3H3,(H,27,28);/q;+1/p-1. The first-order valence-corrected chi connectivity index (χ1v) is 11.1. The van der Waals surface area contributed by atoms with Gasteiger partial charge in [-0.3, -0.25) is 0 Å². The minimum atomic E-state index is -1.23. The second-order valence-corrected chi connectivity index (χ2v) is 9.17. The van der Waals surface area contributed by atoms with Crippen molar-refractivity contribution in [3.8, 4) is 16.3 Å². The van der Waals surface area contributed by atoms with Gasteiger partial charge in [0.15, 0.2) is 0 Å². The Morgan fingerprint density at radius 2 is 1.97 bits per heavy atom. The first-order chi connectivity index (χ1) is 14.9. The van der Waals surface area contributed by atoms with Crippen molar-refractivity contribution < 1.29 is 48.9 Å². The average molecular weight is 456 g/mol. The van der Waals surface area contributed by atoms with Gasteiger partial charge in [0.25, 0.3) is 0 Å². The molecule has 0 N–H and O–H groups in total. The predicted molar refractivity (Wildman–Crippen MR) is 121 cm³/mol. The Morgan fingerprint density at radius 3 is 2.62 bits per heavy atom. The van der Waals surface area contributed by atoms with E-state index in [1.807, 2.05) is 45.0 Å². The Labute approximate surface area is 212 Å². The van der Waals surface area contributed by atoms with Crippen LogP contribution in [0.5, 0.6) is 5.75 Å².